The first-order valence-corrected chi connectivity index (χ1v) is 5.40. The van der Waals surface area contributed by atoms with Crippen molar-refractivity contribution in [1.82, 2.24) is 10.6 Å². The fourth-order valence-electron chi connectivity index (χ4n) is 0.997. The van der Waals surface area contributed by atoms with Gasteiger partial charge in [-0.2, -0.15) is 0 Å². The lowest BCUT2D eigenvalue weighted by molar-refractivity contribution is -0.123. The third-order valence-electron chi connectivity index (χ3n) is 2.06. The fourth-order valence-corrected chi connectivity index (χ4v) is 0.997. The Bertz CT molecular complexity index is 221. The normalized spacial score (nSPS) is 11.9. The molecule has 0 aliphatic carbocycles. The summed E-state index contributed by atoms with van der Waals surface area (Å²) >= 11 is 0. The van der Waals surface area contributed by atoms with Crippen LogP contribution in [0.5, 0.6) is 0 Å². The first-order chi connectivity index (χ1) is 7.61. The third-order valence-corrected chi connectivity index (χ3v) is 2.06. The Labute approximate surface area is 95.9 Å². The van der Waals surface area contributed by atoms with Gasteiger partial charge in [0.2, 0.25) is 11.8 Å². The van der Waals surface area contributed by atoms with Crippen LogP contribution < -0.4 is 16.4 Å². The van der Waals surface area contributed by atoms with Crippen LogP contribution in [0, 0.1) is 0 Å². The van der Waals surface area contributed by atoms with Crippen LogP contribution in [0.2, 0.25) is 0 Å². The van der Waals surface area contributed by atoms with E-state index in [4.69, 9.17) is 10.5 Å². The molecule has 94 valence electrons. The summed E-state index contributed by atoms with van der Waals surface area (Å²) in [4.78, 5) is 22.4. The highest BCUT2D eigenvalue weighted by atomic mass is 16.5. The highest BCUT2D eigenvalue weighted by Crippen LogP contribution is 1.86. The van der Waals surface area contributed by atoms with Crippen LogP contribution >= 0.6 is 0 Å². The quantitative estimate of drug-likeness (QED) is 0.467. The summed E-state index contributed by atoms with van der Waals surface area (Å²) in [7, 11) is 1.57. The van der Waals surface area contributed by atoms with Crippen LogP contribution in [0.4, 0.5) is 0 Å². The number of hydrogen-bond acceptors (Lipinski definition) is 4. The molecule has 4 N–H and O–H groups in total. The lowest BCUT2D eigenvalue weighted by atomic mass is 10.2. The van der Waals surface area contributed by atoms with Crippen molar-refractivity contribution in [2.24, 2.45) is 5.73 Å². The molecule has 6 nitrogen and oxygen atoms in total. The number of amides is 2. The van der Waals surface area contributed by atoms with Gasteiger partial charge in [-0.1, -0.05) is 6.92 Å². The van der Waals surface area contributed by atoms with Crippen molar-refractivity contribution in [3.05, 3.63) is 0 Å². The predicted molar refractivity (Wildman–Crippen MR) is 60.8 cm³/mol. The molecule has 0 spiro atoms. The Morgan fingerprint density at radius 3 is 2.56 bits per heavy atom. The molecule has 2 amide bonds. The number of carbonyl (C=O) groups excluding carboxylic acids is 2. The number of rotatable bonds is 8. The zero-order valence-electron chi connectivity index (χ0n) is 9.91. The molecular weight excluding hydrogens is 210 g/mol. The Morgan fingerprint density at radius 1 is 1.31 bits per heavy atom. The van der Waals surface area contributed by atoms with Crippen LogP contribution in [0.1, 0.15) is 19.8 Å². The van der Waals surface area contributed by atoms with Crippen LogP contribution in [-0.4, -0.2) is 44.7 Å². The standard InChI is InChI=1S/C10H21N3O3/c1-3-8(11)10(15)13-5-4-9(14)12-6-7-16-2/h8H,3-7,11H2,1-2H3,(H,12,14)(H,13,15). The van der Waals surface area contributed by atoms with Gasteiger partial charge in [-0.3, -0.25) is 9.59 Å². The Balaban J connectivity index is 3.50. The molecule has 1 unspecified atom stereocenters. The summed E-state index contributed by atoms with van der Waals surface area (Å²) < 4.78 is 4.78. The molecule has 0 heterocycles. The van der Waals surface area contributed by atoms with Gasteiger partial charge in [-0.25, -0.2) is 0 Å². The van der Waals surface area contributed by atoms with Crippen molar-refractivity contribution >= 4 is 11.8 Å². The second kappa shape index (κ2) is 9.11. The summed E-state index contributed by atoms with van der Waals surface area (Å²) in [6.07, 6.45) is 0.845. The monoisotopic (exact) mass is 231 g/mol. The maximum Gasteiger partial charge on any atom is 0.236 e. The second-order valence-electron chi connectivity index (χ2n) is 3.40. The molecule has 0 aromatic heterocycles. The minimum Gasteiger partial charge on any atom is -0.383 e. The van der Waals surface area contributed by atoms with Crippen LogP contribution in [0.25, 0.3) is 0 Å². The molecule has 6 heteroatoms. The molecule has 0 aliphatic heterocycles. The summed E-state index contributed by atoms with van der Waals surface area (Å²) in [6.45, 7) is 3.11. The van der Waals surface area contributed by atoms with E-state index in [1.54, 1.807) is 7.11 Å². The molecule has 0 bridgehead atoms. The van der Waals surface area contributed by atoms with Crippen molar-refractivity contribution in [2.75, 3.05) is 26.8 Å². The lowest BCUT2D eigenvalue weighted by Crippen LogP contribution is -2.41. The van der Waals surface area contributed by atoms with E-state index in [-0.39, 0.29) is 18.2 Å². The van der Waals surface area contributed by atoms with Crippen molar-refractivity contribution in [3.63, 3.8) is 0 Å². The Hall–Kier alpha value is -1.14. The molecule has 16 heavy (non-hydrogen) atoms. The molecule has 0 radical (unpaired) electrons. The number of carbonyl (C=O) groups is 2. The van der Waals surface area contributed by atoms with E-state index in [9.17, 15) is 9.59 Å². The molecule has 0 fully saturated rings. The number of methoxy groups -OCH3 is 1. The van der Waals surface area contributed by atoms with Gasteiger partial charge >= 0.3 is 0 Å². The fraction of sp³-hybridized carbons (Fsp3) is 0.800. The van der Waals surface area contributed by atoms with Crippen molar-refractivity contribution < 1.29 is 14.3 Å². The Morgan fingerprint density at radius 2 is 2.00 bits per heavy atom. The largest absolute Gasteiger partial charge is 0.383 e. The number of nitrogens with two attached hydrogens (primary N) is 1. The van der Waals surface area contributed by atoms with Gasteiger partial charge < -0.3 is 21.1 Å². The van der Waals surface area contributed by atoms with Gasteiger partial charge in [-0.15, -0.1) is 0 Å². The maximum atomic E-state index is 11.2. The molecular formula is C10H21N3O3. The highest BCUT2D eigenvalue weighted by molar-refractivity contribution is 5.82. The average Bonchev–Trinajstić information content (AvgIpc) is 2.28. The number of nitrogens with one attached hydrogen (secondary N) is 2. The number of ether oxygens (including phenoxy) is 1. The van der Waals surface area contributed by atoms with E-state index in [2.05, 4.69) is 10.6 Å². The maximum absolute atomic E-state index is 11.2. The van der Waals surface area contributed by atoms with Gasteiger partial charge in [0.05, 0.1) is 12.6 Å². The predicted octanol–water partition coefficient (Wildman–Crippen LogP) is -1.01. The van der Waals surface area contributed by atoms with Gasteiger partial charge in [0.1, 0.15) is 0 Å². The molecule has 0 saturated carbocycles. The first kappa shape index (κ1) is 14.9. The first-order valence-electron chi connectivity index (χ1n) is 5.40. The van der Waals surface area contributed by atoms with E-state index in [1.165, 1.54) is 0 Å². The van der Waals surface area contributed by atoms with Crippen LogP contribution in [0.3, 0.4) is 0 Å². The van der Waals surface area contributed by atoms with Gasteiger partial charge in [0.15, 0.2) is 0 Å². The molecule has 0 aliphatic rings. The minimum atomic E-state index is -0.489. The van der Waals surface area contributed by atoms with Crippen molar-refractivity contribution in [2.45, 2.75) is 25.8 Å². The SMILES string of the molecule is CCC(N)C(=O)NCCC(=O)NCCOC. The highest BCUT2D eigenvalue weighted by Gasteiger charge is 2.10. The van der Waals surface area contributed by atoms with E-state index in [0.717, 1.165) is 0 Å². The van der Waals surface area contributed by atoms with E-state index in [0.29, 0.717) is 26.1 Å². The van der Waals surface area contributed by atoms with Gasteiger partial charge in [0, 0.05) is 26.6 Å². The minimum absolute atomic E-state index is 0.109. The summed E-state index contributed by atoms with van der Waals surface area (Å²) in [5, 5.41) is 5.25. The van der Waals surface area contributed by atoms with Crippen LogP contribution in [-0.2, 0) is 14.3 Å². The molecule has 0 aromatic carbocycles. The smallest absolute Gasteiger partial charge is 0.236 e. The van der Waals surface area contributed by atoms with Gasteiger partial charge in [-0.05, 0) is 6.42 Å². The average molecular weight is 231 g/mol. The zero-order valence-corrected chi connectivity index (χ0v) is 9.91. The van der Waals surface area contributed by atoms with Crippen LogP contribution in [0.15, 0.2) is 0 Å². The third kappa shape index (κ3) is 7.19. The van der Waals surface area contributed by atoms with Crippen molar-refractivity contribution in [1.29, 1.82) is 0 Å². The molecule has 0 aromatic rings. The second-order valence-corrected chi connectivity index (χ2v) is 3.40. The van der Waals surface area contributed by atoms with E-state index in [1.807, 2.05) is 6.92 Å². The van der Waals surface area contributed by atoms with E-state index < -0.39 is 6.04 Å². The summed E-state index contributed by atoms with van der Waals surface area (Å²) in [5.41, 5.74) is 5.50. The van der Waals surface area contributed by atoms with Crippen molar-refractivity contribution in [3.8, 4) is 0 Å². The Kier molecular flexibility index (Phi) is 8.46. The molecule has 0 rings (SSSR count). The molecule has 1 atom stereocenters. The summed E-state index contributed by atoms with van der Waals surface area (Å²) in [5.74, 6) is -0.324. The zero-order chi connectivity index (χ0) is 12.4. The lowest BCUT2D eigenvalue weighted by Gasteiger charge is -2.09. The molecule has 0 saturated heterocycles. The van der Waals surface area contributed by atoms with E-state index >= 15 is 0 Å². The van der Waals surface area contributed by atoms with Gasteiger partial charge in [0.25, 0.3) is 0 Å². The summed E-state index contributed by atoms with van der Waals surface area (Å²) in [6, 6.07) is -0.489. The topological polar surface area (TPSA) is 93.5 Å². The number of hydrogen-bond donors (Lipinski definition) is 3.